The number of rotatable bonds is 5. The fourth-order valence-corrected chi connectivity index (χ4v) is 3.80. The largest absolute Gasteiger partial charge is 0.314 e. The smallest absolute Gasteiger partial charge is 0.0136 e. The molecule has 112 valence electrons. The van der Waals surface area contributed by atoms with E-state index in [2.05, 4.69) is 51.2 Å². The first kappa shape index (κ1) is 15.6. The Labute approximate surface area is 125 Å². The molecule has 0 saturated heterocycles. The molecule has 1 fully saturated rings. The zero-order valence-corrected chi connectivity index (χ0v) is 13.7. The fourth-order valence-electron chi connectivity index (χ4n) is 3.80. The molecule has 0 aliphatic heterocycles. The summed E-state index contributed by atoms with van der Waals surface area (Å²) in [6.45, 7) is 10.1. The van der Waals surface area contributed by atoms with Gasteiger partial charge in [0.2, 0.25) is 0 Å². The average Bonchev–Trinajstić information content (AvgIpc) is 2.38. The summed E-state index contributed by atoms with van der Waals surface area (Å²) >= 11 is 0. The van der Waals surface area contributed by atoms with Crippen molar-refractivity contribution in [1.82, 2.24) is 5.32 Å². The highest BCUT2D eigenvalue weighted by Gasteiger charge is 2.25. The first-order chi connectivity index (χ1) is 9.58. The molecule has 1 aliphatic carbocycles. The minimum absolute atomic E-state index is 0.661. The molecule has 0 heterocycles. The molecule has 0 spiro atoms. The molecule has 0 amide bonds. The molecule has 1 saturated carbocycles. The minimum atomic E-state index is 0.661. The van der Waals surface area contributed by atoms with E-state index in [0.29, 0.717) is 6.04 Å². The number of aryl methyl sites for hydroxylation is 2. The van der Waals surface area contributed by atoms with E-state index in [-0.39, 0.29) is 0 Å². The van der Waals surface area contributed by atoms with Crippen LogP contribution in [0.25, 0.3) is 0 Å². The lowest BCUT2D eigenvalue weighted by Crippen LogP contribution is -2.39. The van der Waals surface area contributed by atoms with Crippen molar-refractivity contribution in [3.63, 3.8) is 0 Å². The van der Waals surface area contributed by atoms with E-state index in [0.717, 1.165) is 18.4 Å². The van der Waals surface area contributed by atoms with E-state index in [9.17, 15) is 0 Å². The van der Waals surface area contributed by atoms with Crippen LogP contribution in [0.15, 0.2) is 18.2 Å². The second kappa shape index (κ2) is 7.26. The molecule has 1 N–H and O–H groups in total. The van der Waals surface area contributed by atoms with Gasteiger partial charge in [0.05, 0.1) is 0 Å². The van der Waals surface area contributed by atoms with Gasteiger partial charge in [0.1, 0.15) is 0 Å². The fraction of sp³-hybridized carbons (Fsp3) is 0.684. The summed E-state index contributed by atoms with van der Waals surface area (Å²) in [6, 6.07) is 7.66. The van der Waals surface area contributed by atoms with Crippen LogP contribution in [0.4, 0.5) is 0 Å². The molecule has 1 aromatic carbocycles. The second-order valence-corrected chi connectivity index (χ2v) is 6.88. The molecule has 1 aromatic rings. The van der Waals surface area contributed by atoms with Crippen LogP contribution in [0, 0.1) is 25.7 Å². The zero-order chi connectivity index (χ0) is 14.5. The SMILES string of the molecule is CCNC(Cc1cc(C)cc(C)c1)C1CCC(C)CC1. The summed E-state index contributed by atoms with van der Waals surface area (Å²) in [7, 11) is 0. The average molecular weight is 273 g/mol. The standard InChI is InChI=1S/C19H31N/c1-5-20-19(18-8-6-14(2)7-9-18)13-17-11-15(3)10-16(4)12-17/h10-12,14,18-20H,5-9,13H2,1-4H3. The molecule has 20 heavy (non-hydrogen) atoms. The first-order valence-corrected chi connectivity index (χ1v) is 8.39. The summed E-state index contributed by atoms with van der Waals surface area (Å²) in [6.07, 6.45) is 6.83. The zero-order valence-electron chi connectivity index (χ0n) is 13.7. The lowest BCUT2D eigenvalue weighted by Gasteiger charge is -2.33. The van der Waals surface area contributed by atoms with Crippen molar-refractivity contribution in [2.75, 3.05) is 6.54 Å². The molecule has 1 atom stereocenters. The topological polar surface area (TPSA) is 12.0 Å². The summed E-state index contributed by atoms with van der Waals surface area (Å²) in [4.78, 5) is 0. The van der Waals surface area contributed by atoms with Crippen LogP contribution < -0.4 is 5.32 Å². The minimum Gasteiger partial charge on any atom is -0.314 e. The first-order valence-electron chi connectivity index (χ1n) is 8.39. The van der Waals surface area contributed by atoms with Crippen molar-refractivity contribution in [3.8, 4) is 0 Å². The van der Waals surface area contributed by atoms with Crippen LogP contribution in [0.1, 0.15) is 56.2 Å². The highest BCUT2D eigenvalue weighted by Crippen LogP contribution is 2.31. The van der Waals surface area contributed by atoms with Crippen LogP contribution in [0.3, 0.4) is 0 Å². The third-order valence-electron chi connectivity index (χ3n) is 4.83. The lowest BCUT2D eigenvalue weighted by atomic mass is 9.77. The van der Waals surface area contributed by atoms with Gasteiger partial charge in [0, 0.05) is 6.04 Å². The molecule has 0 aromatic heterocycles. The van der Waals surface area contributed by atoms with Crippen molar-refractivity contribution in [1.29, 1.82) is 0 Å². The van der Waals surface area contributed by atoms with Gasteiger partial charge in [-0.1, -0.05) is 56.0 Å². The second-order valence-electron chi connectivity index (χ2n) is 6.88. The third kappa shape index (κ3) is 4.34. The van der Waals surface area contributed by atoms with E-state index >= 15 is 0 Å². The Morgan fingerprint density at radius 3 is 2.20 bits per heavy atom. The van der Waals surface area contributed by atoms with Gasteiger partial charge in [0.25, 0.3) is 0 Å². The molecular formula is C19H31N. The Hall–Kier alpha value is -0.820. The summed E-state index contributed by atoms with van der Waals surface area (Å²) in [5.41, 5.74) is 4.30. The van der Waals surface area contributed by atoms with Crippen molar-refractivity contribution >= 4 is 0 Å². The van der Waals surface area contributed by atoms with Gasteiger partial charge in [-0.05, 0) is 57.1 Å². The van der Waals surface area contributed by atoms with Crippen LogP contribution in [-0.2, 0) is 6.42 Å². The van der Waals surface area contributed by atoms with Gasteiger partial charge >= 0.3 is 0 Å². The molecule has 1 aliphatic rings. The number of benzene rings is 1. The lowest BCUT2D eigenvalue weighted by molar-refractivity contribution is 0.230. The van der Waals surface area contributed by atoms with E-state index in [1.807, 2.05) is 0 Å². The maximum atomic E-state index is 3.75. The van der Waals surface area contributed by atoms with Gasteiger partial charge in [-0.25, -0.2) is 0 Å². The quantitative estimate of drug-likeness (QED) is 0.823. The van der Waals surface area contributed by atoms with Crippen LogP contribution in [-0.4, -0.2) is 12.6 Å². The molecule has 0 bridgehead atoms. The predicted octanol–water partition coefficient (Wildman–Crippen LogP) is 4.65. The normalized spacial score (nSPS) is 24.6. The van der Waals surface area contributed by atoms with Gasteiger partial charge in [-0.3, -0.25) is 0 Å². The Morgan fingerprint density at radius 2 is 1.65 bits per heavy atom. The van der Waals surface area contributed by atoms with Crippen molar-refractivity contribution in [3.05, 3.63) is 34.9 Å². The van der Waals surface area contributed by atoms with Crippen molar-refractivity contribution in [2.24, 2.45) is 11.8 Å². The van der Waals surface area contributed by atoms with Gasteiger partial charge in [0.15, 0.2) is 0 Å². The third-order valence-corrected chi connectivity index (χ3v) is 4.83. The van der Waals surface area contributed by atoms with Crippen molar-refractivity contribution in [2.45, 2.75) is 65.8 Å². The maximum absolute atomic E-state index is 3.75. The van der Waals surface area contributed by atoms with Crippen LogP contribution >= 0.6 is 0 Å². The van der Waals surface area contributed by atoms with Crippen LogP contribution in [0.5, 0.6) is 0 Å². The Balaban J connectivity index is 2.04. The molecule has 2 rings (SSSR count). The number of hydrogen-bond acceptors (Lipinski definition) is 1. The van der Waals surface area contributed by atoms with Gasteiger partial charge in [-0.15, -0.1) is 0 Å². The maximum Gasteiger partial charge on any atom is 0.0136 e. The molecule has 1 nitrogen and oxygen atoms in total. The number of nitrogens with one attached hydrogen (secondary N) is 1. The molecule has 0 radical (unpaired) electrons. The van der Waals surface area contributed by atoms with E-state index in [1.54, 1.807) is 0 Å². The molecule has 1 heteroatoms. The van der Waals surface area contributed by atoms with E-state index in [1.165, 1.54) is 48.8 Å². The van der Waals surface area contributed by atoms with E-state index < -0.39 is 0 Å². The predicted molar refractivity (Wildman–Crippen MR) is 88.2 cm³/mol. The van der Waals surface area contributed by atoms with Crippen LogP contribution in [0.2, 0.25) is 0 Å². The summed E-state index contributed by atoms with van der Waals surface area (Å²) in [5.74, 6) is 1.81. The Bertz CT molecular complexity index is 396. The highest BCUT2D eigenvalue weighted by molar-refractivity contribution is 5.29. The molecule has 1 unspecified atom stereocenters. The number of likely N-dealkylation sites (N-methyl/N-ethyl adjacent to an activating group) is 1. The summed E-state index contributed by atoms with van der Waals surface area (Å²) in [5, 5.41) is 3.75. The summed E-state index contributed by atoms with van der Waals surface area (Å²) < 4.78 is 0. The van der Waals surface area contributed by atoms with Crippen molar-refractivity contribution < 1.29 is 0 Å². The number of hydrogen-bond donors (Lipinski definition) is 1. The monoisotopic (exact) mass is 273 g/mol. The van der Waals surface area contributed by atoms with Gasteiger partial charge in [-0.2, -0.15) is 0 Å². The highest BCUT2D eigenvalue weighted by atomic mass is 14.9. The Morgan fingerprint density at radius 1 is 1.05 bits per heavy atom. The molecular weight excluding hydrogens is 242 g/mol. The Kier molecular flexibility index (Phi) is 5.65. The van der Waals surface area contributed by atoms with Gasteiger partial charge < -0.3 is 5.32 Å². The van der Waals surface area contributed by atoms with E-state index in [4.69, 9.17) is 0 Å².